The molecule has 2 aromatic rings. The Labute approximate surface area is 163 Å². The Morgan fingerprint density at radius 2 is 2.21 bits per heavy atom. The number of pyridine rings is 1. The zero-order chi connectivity index (χ0) is 20.1. The van der Waals surface area contributed by atoms with Crippen LogP contribution in [0.1, 0.15) is 54.6 Å². The van der Waals surface area contributed by atoms with Gasteiger partial charge in [-0.2, -0.15) is 5.10 Å². The minimum atomic E-state index is -3.80. The van der Waals surface area contributed by atoms with Crippen molar-refractivity contribution < 1.29 is 13.4 Å². The van der Waals surface area contributed by atoms with Gasteiger partial charge in [-0.1, -0.05) is 0 Å². The molecule has 2 heterocycles. The molecule has 0 saturated heterocycles. The van der Waals surface area contributed by atoms with Crippen molar-refractivity contribution in [3.8, 4) is 0 Å². The van der Waals surface area contributed by atoms with E-state index in [1.165, 1.54) is 4.68 Å². The normalized spacial score (nSPS) is 17.9. The number of hydrogen-bond acceptors (Lipinski definition) is 4. The molecular formula is C18H23FN6O2S. The molecule has 2 aromatic heterocycles. The van der Waals surface area contributed by atoms with Gasteiger partial charge >= 0.3 is 6.03 Å². The number of amides is 2. The third kappa shape index (κ3) is 3.42. The number of nitrogens with zero attached hydrogens (tertiary/aromatic N) is 4. The summed E-state index contributed by atoms with van der Waals surface area (Å²) in [6, 6.07) is -0.872. The summed E-state index contributed by atoms with van der Waals surface area (Å²) in [6.07, 6.45) is 5.95. The Hall–Kier alpha value is -2.33. The standard InChI is InChI=1S/C18H23FN6O2S/c1-3-25-9-13(19)17(23-25)28(20,27)24-18(26)22-16-10(2)15(11-7-8-11)21-14-6-4-5-12(14)16/h9,11H,3-8H2,1-2H3,(H3,20,21,22,24,26,27)/t28-/m1/s1. The second kappa shape index (κ2) is 6.93. The van der Waals surface area contributed by atoms with Crippen LogP contribution in [0, 0.1) is 12.7 Å². The predicted molar refractivity (Wildman–Crippen MR) is 103 cm³/mol. The molecule has 0 bridgehead atoms. The number of anilines is 1. The van der Waals surface area contributed by atoms with E-state index in [1.54, 1.807) is 6.92 Å². The number of carbonyl (C=O) groups excluding carboxylic acids is 1. The third-order valence-electron chi connectivity index (χ3n) is 5.21. The summed E-state index contributed by atoms with van der Waals surface area (Å²) in [5, 5.41) is 11.7. The van der Waals surface area contributed by atoms with Crippen LogP contribution in [0.5, 0.6) is 0 Å². The number of fused-ring (bicyclic) bond motifs is 1. The number of aryl methyl sites for hydroxylation is 2. The minimum absolute atomic E-state index is 0.380. The lowest BCUT2D eigenvalue weighted by Crippen LogP contribution is -2.20. The Morgan fingerprint density at radius 3 is 2.86 bits per heavy atom. The van der Waals surface area contributed by atoms with Crippen LogP contribution in [-0.2, 0) is 29.3 Å². The third-order valence-corrected chi connectivity index (χ3v) is 6.47. The Kier molecular flexibility index (Phi) is 4.70. The first kappa shape index (κ1) is 19.0. The Balaban J connectivity index is 1.68. The second-order valence-corrected chi connectivity index (χ2v) is 8.98. The van der Waals surface area contributed by atoms with Gasteiger partial charge in [0.1, 0.15) is 0 Å². The number of rotatable bonds is 4. The molecule has 0 radical (unpaired) electrons. The maximum absolute atomic E-state index is 14.0. The van der Waals surface area contributed by atoms with Crippen molar-refractivity contribution in [3.05, 3.63) is 34.5 Å². The van der Waals surface area contributed by atoms with Crippen LogP contribution in [0.4, 0.5) is 14.9 Å². The molecule has 1 fully saturated rings. The zero-order valence-corrected chi connectivity index (χ0v) is 16.7. The van der Waals surface area contributed by atoms with Crippen molar-refractivity contribution in [2.24, 2.45) is 9.50 Å². The Morgan fingerprint density at radius 1 is 1.46 bits per heavy atom. The highest BCUT2D eigenvalue weighted by atomic mass is 32.2. The van der Waals surface area contributed by atoms with Crippen LogP contribution in [0.25, 0.3) is 0 Å². The molecule has 4 rings (SSSR count). The minimum Gasteiger partial charge on any atom is -0.305 e. The molecule has 10 heteroatoms. The highest BCUT2D eigenvalue weighted by Crippen LogP contribution is 2.44. The molecule has 2 aliphatic carbocycles. The van der Waals surface area contributed by atoms with Crippen molar-refractivity contribution in [2.45, 2.75) is 63.4 Å². The number of nitrogens with one attached hydrogen (secondary N) is 1. The first-order valence-corrected chi connectivity index (χ1v) is 11.0. The van der Waals surface area contributed by atoms with E-state index >= 15 is 0 Å². The van der Waals surface area contributed by atoms with Crippen LogP contribution in [0.2, 0.25) is 0 Å². The SMILES string of the molecule is CCn1cc(F)c([S@](N)(=O)=NC(=O)Nc2c(C)c(C3CC3)nc3c2CCC3)n1. The van der Waals surface area contributed by atoms with Gasteiger partial charge in [0.25, 0.3) is 0 Å². The van der Waals surface area contributed by atoms with E-state index in [1.807, 2.05) is 6.92 Å². The number of nitrogens with two attached hydrogens (primary N) is 1. The van der Waals surface area contributed by atoms with Gasteiger partial charge in [0.2, 0.25) is 5.03 Å². The quantitative estimate of drug-likeness (QED) is 0.812. The summed E-state index contributed by atoms with van der Waals surface area (Å²) in [7, 11) is -3.80. The molecule has 1 atom stereocenters. The van der Waals surface area contributed by atoms with E-state index in [9.17, 15) is 13.4 Å². The van der Waals surface area contributed by atoms with Crippen molar-refractivity contribution in [1.29, 1.82) is 0 Å². The van der Waals surface area contributed by atoms with Gasteiger partial charge in [0, 0.05) is 23.9 Å². The number of urea groups is 1. The van der Waals surface area contributed by atoms with Crippen LogP contribution in [0.3, 0.4) is 0 Å². The maximum Gasteiger partial charge on any atom is 0.354 e. The molecule has 0 aromatic carbocycles. The molecule has 3 N–H and O–H groups in total. The molecule has 0 unspecified atom stereocenters. The molecule has 1 saturated carbocycles. The van der Waals surface area contributed by atoms with Crippen molar-refractivity contribution in [3.63, 3.8) is 0 Å². The fraction of sp³-hybridized carbons (Fsp3) is 0.500. The van der Waals surface area contributed by atoms with E-state index in [2.05, 4.69) is 14.8 Å². The summed E-state index contributed by atoms with van der Waals surface area (Å²) < 4.78 is 31.5. The molecule has 0 spiro atoms. The average Bonchev–Trinajstić information content (AvgIpc) is 3.23. The largest absolute Gasteiger partial charge is 0.354 e. The maximum atomic E-state index is 14.0. The molecule has 2 aliphatic rings. The van der Waals surface area contributed by atoms with Gasteiger partial charge in [-0.05, 0) is 57.1 Å². The first-order chi connectivity index (χ1) is 13.3. The summed E-state index contributed by atoms with van der Waals surface area (Å²) in [5.74, 6) is -0.410. The second-order valence-electron chi connectivity index (χ2n) is 7.28. The number of hydrogen-bond donors (Lipinski definition) is 2. The molecule has 28 heavy (non-hydrogen) atoms. The summed E-state index contributed by atoms with van der Waals surface area (Å²) in [5.41, 5.74) is 4.60. The highest BCUT2D eigenvalue weighted by Gasteiger charge is 2.31. The summed E-state index contributed by atoms with van der Waals surface area (Å²) in [4.78, 5) is 17.3. The Bertz CT molecular complexity index is 1080. The van der Waals surface area contributed by atoms with Gasteiger partial charge in [-0.15, -0.1) is 4.36 Å². The van der Waals surface area contributed by atoms with E-state index < -0.39 is 26.8 Å². The molecule has 8 nitrogen and oxygen atoms in total. The van der Waals surface area contributed by atoms with Crippen molar-refractivity contribution in [2.75, 3.05) is 5.32 Å². The topological polar surface area (TPSA) is 115 Å². The van der Waals surface area contributed by atoms with Crippen LogP contribution < -0.4 is 10.5 Å². The number of aromatic nitrogens is 3. The summed E-state index contributed by atoms with van der Waals surface area (Å²) >= 11 is 0. The van der Waals surface area contributed by atoms with E-state index in [4.69, 9.17) is 10.1 Å². The fourth-order valence-electron chi connectivity index (χ4n) is 3.66. The first-order valence-electron chi connectivity index (χ1n) is 9.41. The molecule has 2 amide bonds. The molecule has 0 aliphatic heterocycles. The zero-order valence-electron chi connectivity index (χ0n) is 15.9. The fourth-order valence-corrected chi connectivity index (χ4v) is 4.60. The van der Waals surface area contributed by atoms with E-state index in [0.29, 0.717) is 18.2 Å². The van der Waals surface area contributed by atoms with Crippen LogP contribution >= 0.6 is 0 Å². The lowest BCUT2D eigenvalue weighted by atomic mass is 10.0. The van der Waals surface area contributed by atoms with E-state index in [-0.39, 0.29) is 0 Å². The average molecular weight is 406 g/mol. The van der Waals surface area contributed by atoms with Gasteiger partial charge in [-0.25, -0.2) is 18.5 Å². The van der Waals surface area contributed by atoms with Gasteiger partial charge in [0.05, 0.1) is 11.9 Å². The molecular weight excluding hydrogens is 383 g/mol. The van der Waals surface area contributed by atoms with Gasteiger partial charge in [-0.3, -0.25) is 9.67 Å². The van der Waals surface area contributed by atoms with E-state index in [0.717, 1.165) is 60.8 Å². The number of carbonyl (C=O) groups is 1. The molecule has 150 valence electrons. The smallest absolute Gasteiger partial charge is 0.305 e. The number of halogens is 1. The monoisotopic (exact) mass is 406 g/mol. The van der Waals surface area contributed by atoms with Crippen LogP contribution in [0.15, 0.2) is 15.6 Å². The lowest BCUT2D eigenvalue weighted by Gasteiger charge is -2.15. The van der Waals surface area contributed by atoms with Crippen molar-refractivity contribution >= 4 is 21.6 Å². The van der Waals surface area contributed by atoms with Gasteiger partial charge in [0.15, 0.2) is 15.7 Å². The lowest BCUT2D eigenvalue weighted by molar-refractivity contribution is 0.260. The van der Waals surface area contributed by atoms with Crippen LogP contribution in [-0.4, -0.2) is 25.0 Å². The predicted octanol–water partition coefficient (Wildman–Crippen LogP) is 3.04. The van der Waals surface area contributed by atoms with Crippen molar-refractivity contribution in [1.82, 2.24) is 14.8 Å². The summed E-state index contributed by atoms with van der Waals surface area (Å²) in [6.45, 7) is 4.06. The van der Waals surface area contributed by atoms with Gasteiger partial charge < -0.3 is 5.32 Å². The highest BCUT2D eigenvalue weighted by molar-refractivity contribution is 7.91.